The highest BCUT2D eigenvalue weighted by atomic mass is 32.1. The van der Waals surface area contributed by atoms with Gasteiger partial charge in [-0.15, -0.1) is 11.3 Å². The number of benzene rings is 1. The van der Waals surface area contributed by atoms with E-state index in [4.69, 9.17) is 0 Å². The van der Waals surface area contributed by atoms with Gasteiger partial charge in [0.1, 0.15) is 0 Å². The Morgan fingerprint density at radius 3 is 2.50 bits per heavy atom. The molecule has 0 aliphatic carbocycles. The van der Waals surface area contributed by atoms with Crippen LogP contribution in [0.25, 0.3) is 0 Å². The number of guanidine groups is 1. The van der Waals surface area contributed by atoms with Crippen molar-refractivity contribution >= 4 is 23.0 Å². The number of non-ortho nitro benzene ring substituents is 1. The summed E-state index contributed by atoms with van der Waals surface area (Å²) in [5.74, 6) is 0.717. The van der Waals surface area contributed by atoms with Gasteiger partial charge in [-0.2, -0.15) is 0 Å². The van der Waals surface area contributed by atoms with E-state index < -0.39 is 4.92 Å². The number of thiophene rings is 1. The summed E-state index contributed by atoms with van der Waals surface area (Å²) in [6.45, 7) is 7.37. The van der Waals surface area contributed by atoms with Gasteiger partial charge in [0.2, 0.25) is 0 Å². The number of nitro benzene ring substituents is 1. The summed E-state index contributed by atoms with van der Waals surface area (Å²) in [6.07, 6.45) is 0. The fraction of sp³-hybridized carbons (Fsp3) is 0.353. The number of nitrogens with zero attached hydrogens (tertiary/aromatic N) is 2. The monoisotopic (exact) mass is 346 g/mol. The second-order valence-corrected chi connectivity index (χ2v) is 7.43. The molecule has 0 bridgehead atoms. The lowest BCUT2D eigenvalue weighted by molar-refractivity contribution is -0.384. The molecule has 0 aliphatic heterocycles. The third-order valence-electron chi connectivity index (χ3n) is 3.07. The molecule has 0 radical (unpaired) electrons. The first-order valence-corrected chi connectivity index (χ1v) is 8.54. The lowest BCUT2D eigenvalue weighted by Crippen LogP contribution is -2.47. The molecule has 0 saturated heterocycles. The Balaban J connectivity index is 2.04. The van der Waals surface area contributed by atoms with Crippen LogP contribution in [-0.2, 0) is 13.1 Å². The lowest BCUT2D eigenvalue weighted by atomic mass is 10.1. The summed E-state index contributed by atoms with van der Waals surface area (Å²) in [4.78, 5) is 16.1. The van der Waals surface area contributed by atoms with E-state index in [0.29, 0.717) is 19.0 Å². The Labute approximate surface area is 145 Å². The topological polar surface area (TPSA) is 79.6 Å². The molecule has 0 unspecified atom stereocenters. The highest BCUT2D eigenvalue weighted by molar-refractivity contribution is 7.09. The number of nitro groups is 1. The summed E-state index contributed by atoms with van der Waals surface area (Å²) >= 11 is 1.69. The van der Waals surface area contributed by atoms with Crippen LogP contribution in [0.2, 0.25) is 0 Å². The van der Waals surface area contributed by atoms with Crippen LogP contribution in [0.5, 0.6) is 0 Å². The Kier molecular flexibility index (Phi) is 5.92. The Morgan fingerprint density at radius 1 is 1.25 bits per heavy atom. The van der Waals surface area contributed by atoms with Crippen LogP contribution in [0.4, 0.5) is 5.69 Å². The minimum absolute atomic E-state index is 0.0894. The molecular weight excluding hydrogens is 324 g/mol. The van der Waals surface area contributed by atoms with E-state index in [1.807, 2.05) is 11.4 Å². The molecular formula is C17H22N4O2S. The second kappa shape index (κ2) is 7.92. The van der Waals surface area contributed by atoms with E-state index in [-0.39, 0.29) is 11.2 Å². The van der Waals surface area contributed by atoms with Gasteiger partial charge in [-0.25, -0.2) is 4.99 Å². The van der Waals surface area contributed by atoms with Crippen LogP contribution in [-0.4, -0.2) is 16.4 Å². The molecule has 128 valence electrons. The van der Waals surface area contributed by atoms with Crippen molar-refractivity contribution in [3.8, 4) is 0 Å². The average Bonchev–Trinajstić information content (AvgIpc) is 3.02. The van der Waals surface area contributed by atoms with E-state index in [9.17, 15) is 10.1 Å². The smallest absolute Gasteiger partial charge is 0.269 e. The summed E-state index contributed by atoms with van der Waals surface area (Å²) in [5, 5.41) is 19.4. The van der Waals surface area contributed by atoms with Gasteiger partial charge >= 0.3 is 0 Å². The predicted molar refractivity (Wildman–Crippen MR) is 98.3 cm³/mol. The third kappa shape index (κ3) is 6.00. The summed E-state index contributed by atoms with van der Waals surface area (Å²) in [7, 11) is 0. The fourth-order valence-corrected chi connectivity index (χ4v) is 2.62. The maximum atomic E-state index is 10.7. The minimum atomic E-state index is -0.401. The SMILES string of the molecule is CC(C)(C)NC(=NCc1ccc([N+](=O)[O-])cc1)NCc1cccs1. The van der Waals surface area contributed by atoms with E-state index in [2.05, 4.69) is 42.5 Å². The van der Waals surface area contributed by atoms with Crippen LogP contribution >= 0.6 is 11.3 Å². The number of hydrogen-bond donors (Lipinski definition) is 2. The Morgan fingerprint density at radius 2 is 1.96 bits per heavy atom. The number of aliphatic imine (C=N–C) groups is 1. The standard InChI is InChI=1S/C17H22N4O2S/c1-17(2,3)20-16(19-12-15-5-4-10-24-15)18-11-13-6-8-14(9-7-13)21(22)23/h4-10H,11-12H2,1-3H3,(H2,18,19,20). The van der Waals surface area contributed by atoms with E-state index in [0.717, 1.165) is 5.56 Å². The Bertz CT molecular complexity index is 688. The van der Waals surface area contributed by atoms with Gasteiger partial charge in [-0.05, 0) is 37.8 Å². The molecule has 1 aromatic carbocycles. The lowest BCUT2D eigenvalue weighted by Gasteiger charge is -2.24. The first kappa shape index (κ1) is 17.9. The molecule has 2 rings (SSSR count). The highest BCUT2D eigenvalue weighted by Gasteiger charge is 2.12. The van der Waals surface area contributed by atoms with Gasteiger partial charge in [0.25, 0.3) is 5.69 Å². The largest absolute Gasteiger partial charge is 0.352 e. The molecule has 0 fully saturated rings. The summed E-state index contributed by atoms with van der Waals surface area (Å²) in [6, 6.07) is 10.6. The van der Waals surface area contributed by atoms with Crippen LogP contribution in [0, 0.1) is 10.1 Å². The van der Waals surface area contributed by atoms with Crippen LogP contribution in [0.1, 0.15) is 31.2 Å². The first-order valence-electron chi connectivity index (χ1n) is 7.66. The van der Waals surface area contributed by atoms with Crippen molar-refractivity contribution in [2.24, 2.45) is 4.99 Å². The van der Waals surface area contributed by atoms with Crippen molar-refractivity contribution in [1.29, 1.82) is 0 Å². The molecule has 7 heteroatoms. The first-order chi connectivity index (χ1) is 11.3. The fourth-order valence-electron chi connectivity index (χ4n) is 1.97. The third-order valence-corrected chi connectivity index (χ3v) is 3.95. The maximum Gasteiger partial charge on any atom is 0.269 e. The van der Waals surface area contributed by atoms with Crippen molar-refractivity contribution in [2.75, 3.05) is 0 Å². The minimum Gasteiger partial charge on any atom is -0.352 e. The molecule has 0 aliphatic rings. The molecule has 1 aromatic heterocycles. The van der Waals surface area contributed by atoms with Crippen LogP contribution < -0.4 is 10.6 Å². The quantitative estimate of drug-likeness (QED) is 0.374. The van der Waals surface area contributed by atoms with Crippen molar-refractivity contribution in [1.82, 2.24) is 10.6 Å². The summed E-state index contributed by atoms with van der Waals surface area (Å²) in [5.41, 5.74) is 0.898. The molecule has 6 nitrogen and oxygen atoms in total. The van der Waals surface area contributed by atoms with Gasteiger partial charge in [0.05, 0.1) is 18.0 Å². The van der Waals surface area contributed by atoms with Crippen LogP contribution in [0.15, 0.2) is 46.8 Å². The van der Waals surface area contributed by atoms with Gasteiger partial charge in [-0.3, -0.25) is 10.1 Å². The zero-order valence-electron chi connectivity index (χ0n) is 14.1. The molecule has 0 saturated carbocycles. The molecule has 0 amide bonds. The van der Waals surface area contributed by atoms with Crippen molar-refractivity contribution in [2.45, 2.75) is 39.4 Å². The summed E-state index contributed by atoms with van der Waals surface area (Å²) < 4.78 is 0. The molecule has 0 spiro atoms. The second-order valence-electron chi connectivity index (χ2n) is 6.40. The van der Waals surface area contributed by atoms with Crippen LogP contribution in [0.3, 0.4) is 0 Å². The maximum absolute atomic E-state index is 10.7. The van der Waals surface area contributed by atoms with Crippen molar-refractivity contribution in [3.63, 3.8) is 0 Å². The number of hydrogen-bond acceptors (Lipinski definition) is 4. The molecule has 24 heavy (non-hydrogen) atoms. The van der Waals surface area contributed by atoms with Gasteiger partial charge < -0.3 is 10.6 Å². The molecule has 2 aromatic rings. The molecule has 0 atom stereocenters. The van der Waals surface area contributed by atoms with Crippen molar-refractivity contribution in [3.05, 3.63) is 62.3 Å². The highest BCUT2D eigenvalue weighted by Crippen LogP contribution is 2.13. The number of nitrogens with one attached hydrogen (secondary N) is 2. The zero-order valence-corrected chi connectivity index (χ0v) is 14.9. The van der Waals surface area contributed by atoms with Gasteiger partial charge in [0, 0.05) is 22.5 Å². The van der Waals surface area contributed by atoms with E-state index in [1.54, 1.807) is 23.5 Å². The van der Waals surface area contributed by atoms with Gasteiger partial charge in [-0.1, -0.05) is 18.2 Å². The zero-order chi connectivity index (χ0) is 17.6. The molecule has 1 heterocycles. The Hall–Kier alpha value is -2.41. The molecule has 2 N–H and O–H groups in total. The van der Waals surface area contributed by atoms with Gasteiger partial charge in [0.15, 0.2) is 5.96 Å². The van der Waals surface area contributed by atoms with E-state index >= 15 is 0 Å². The average molecular weight is 346 g/mol. The predicted octanol–water partition coefficient (Wildman–Crippen LogP) is 3.69. The normalized spacial score (nSPS) is 12.0. The van der Waals surface area contributed by atoms with E-state index in [1.165, 1.54) is 17.0 Å². The van der Waals surface area contributed by atoms with Crippen molar-refractivity contribution < 1.29 is 4.92 Å². The number of rotatable bonds is 5.